The van der Waals surface area contributed by atoms with Crippen molar-refractivity contribution < 1.29 is 28.4 Å². The average Bonchev–Trinajstić information content (AvgIpc) is 3.74. The molecule has 3 aromatic heterocycles. The smallest absolute Gasteiger partial charge is 0.181 e. The first-order chi connectivity index (χ1) is 25.6. The predicted molar refractivity (Wildman–Crippen MR) is 228 cm³/mol. The number of benzene rings is 4. The van der Waals surface area contributed by atoms with Gasteiger partial charge in [0, 0.05) is 32.3 Å². The Labute approximate surface area is 323 Å². The number of thiophene rings is 2. The van der Waals surface area contributed by atoms with E-state index in [1.165, 1.54) is 32.3 Å². The molecule has 0 unspecified atom stereocenters. The van der Waals surface area contributed by atoms with Gasteiger partial charge < -0.3 is 28.4 Å². The number of rotatable bonds is 24. The lowest BCUT2D eigenvalue weighted by Gasteiger charge is -2.21. The van der Waals surface area contributed by atoms with Gasteiger partial charge >= 0.3 is 0 Å². The SMILES string of the molecule is CCCCOc1c(OCCCC)c2sc3c(OCCCC)c(OCCCC)c4sc5c(OCCCC)c(OCCCC)c6ssc1c1c6c5c4c3c21. The average molecular weight is 783 g/mol. The van der Waals surface area contributed by atoms with Gasteiger partial charge in [0.05, 0.1) is 67.8 Å². The van der Waals surface area contributed by atoms with Crippen molar-refractivity contribution in [2.45, 2.75) is 119 Å². The van der Waals surface area contributed by atoms with Gasteiger partial charge in [-0.05, 0) is 38.5 Å². The first-order valence-corrected chi connectivity index (χ1v) is 23.6. The lowest BCUT2D eigenvalue weighted by Crippen LogP contribution is -2.04. The second-order valence-electron chi connectivity index (χ2n) is 13.8. The van der Waals surface area contributed by atoms with Gasteiger partial charge in [-0.1, -0.05) is 101 Å². The second kappa shape index (κ2) is 17.2. The fourth-order valence-electron chi connectivity index (χ4n) is 6.95. The van der Waals surface area contributed by atoms with Crippen LogP contribution in [-0.4, -0.2) is 39.6 Å². The molecule has 0 bridgehead atoms. The molecular weight excluding hydrogens is 729 g/mol. The normalized spacial score (nSPS) is 12.3. The van der Waals surface area contributed by atoms with Crippen LogP contribution < -0.4 is 28.4 Å². The highest BCUT2D eigenvalue weighted by atomic mass is 32.9. The maximum absolute atomic E-state index is 6.84. The highest BCUT2D eigenvalue weighted by Crippen LogP contribution is 2.66. The fourth-order valence-corrected chi connectivity index (χ4v) is 12.2. The lowest BCUT2D eigenvalue weighted by molar-refractivity contribution is 0.267. The summed E-state index contributed by atoms with van der Waals surface area (Å²) in [6, 6.07) is 0. The predicted octanol–water partition coefficient (Wildman–Crippen LogP) is 14.8. The van der Waals surface area contributed by atoms with Crippen molar-refractivity contribution in [3.8, 4) is 34.5 Å². The van der Waals surface area contributed by atoms with Crippen LogP contribution in [0.2, 0.25) is 0 Å². The van der Waals surface area contributed by atoms with Crippen LogP contribution in [0.1, 0.15) is 119 Å². The summed E-state index contributed by atoms with van der Waals surface area (Å²) < 4.78 is 47.8. The Balaban J connectivity index is 1.66. The molecule has 0 spiro atoms. The van der Waals surface area contributed by atoms with E-state index in [9.17, 15) is 0 Å². The zero-order valence-electron chi connectivity index (χ0n) is 31.8. The number of ether oxygens (including phenoxy) is 6. The quantitative estimate of drug-likeness (QED) is 0.0263. The van der Waals surface area contributed by atoms with Crippen molar-refractivity contribution in [1.29, 1.82) is 0 Å². The van der Waals surface area contributed by atoms with Crippen LogP contribution in [0.5, 0.6) is 34.5 Å². The van der Waals surface area contributed by atoms with Gasteiger partial charge in [-0.15, -0.1) is 22.7 Å². The Bertz CT molecular complexity index is 2050. The number of hydrogen-bond acceptors (Lipinski definition) is 10. The summed E-state index contributed by atoms with van der Waals surface area (Å²) in [7, 11) is 3.58. The molecule has 0 radical (unpaired) electrons. The van der Waals surface area contributed by atoms with E-state index in [2.05, 4.69) is 41.5 Å². The molecule has 7 aromatic rings. The van der Waals surface area contributed by atoms with Gasteiger partial charge in [-0.25, -0.2) is 0 Å². The fraction of sp³-hybridized carbons (Fsp3) is 0.571. The molecule has 0 fully saturated rings. The third-order valence-electron chi connectivity index (χ3n) is 9.80. The highest BCUT2D eigenvalue weighted by Gasteiger charge is 2.36. The maximum Gasteiger partial charge on any atom is 0.181 e. The molecule has 6 nitrogen and oxygen atoms in total. The molecule has 0 saturated carbocycles. The zero-order valence-corrected chi connectivity index (χ0v) is 35.1. The first kappa shape index (κ1) is 37.6. The summed E-state index contributed by atoms with van der Waals surface area (Å²) in [6.45, 7) is 17.2. The summed E-state index contributed by atoms with van der Waals surface area (Å²) in [4.78, 5) is 0. The van der Waals surface area contributed by atoms with Gasteiger partial charge in [0.2, 0.25) is 0 Å². The van der Waals surface area contributed by atoms with E-state index in [0.717, 1.165) is 140 Å². The summed E-state index contributed by atoms with van der Waals surface area (Å²) in [5.41, 5.74) is 0. The van der Waals surface area contributed by atoms with E-state index >= 15 is 0 Å². The van der Waals surface area contributed by atoms with Crippen LogP contribution in [0.3, 0.4) is 0 Å². The molecule has 0 N–H and O–H groups in total. The highest BCUT2D eigenvalue weighted by molar-refractivity contribution is 7.74. The topological polar surface area (TPSA) is 55.4 Å². The van der Waals surface area contributed by atoms with Crippen molar-refractivity contribution >= 4 is 104 Å². The molecule has 0 aliphatic heterocycles. The van der Waals surface area contributed by atoms with Crippen LogP contribution in [0, 0.1) is 0 Å². The van der Waals surface area contributed by atoms with Crippen molar-refractivity contribution in [2.24, 2.45) is 0 Å². The lowest BCUT2D eigenvalue weighted by atomic mass is 9.92. The molecule has 0 saturated heterocycles. The van der Waals surface area contributed by atoms with Crippen LogP contribution in [0.15, 0.2) is 0 Å². The molecule has 3 heterocycles. The molecular formula is C42H54O6S4. The van der Waals surface area contributed by atoms with E-state index < -0.39 is 0 Å². The van der Waals surface area contributed by atoms with Crippen LogP contribution in [-0.2, 0) is 0 Å². The first-order valence-electron chi connectivity index (χ1n) is 19.8. The second-order valence-corrected chi connectivity index (χ2v) is 18.0. The van der Waals surface area contributed by atoms with Crippen molar-refractivity contribution in [3.05, 3.63) is 0 Å². The van der Waals surface area contributed by atoms with E-state index in [1.807, 2.05) is 0 Å². The minimum Gasteiger partial charge on any atom is -0.488 e. The number of hydrogen-bond donors (Lipinski definition) is 0. The van der Waals surface area contributed by atoms with Gasteiger partial charge in [0.15, 0.2) is 34.5 Å². The Kier molecular flexibility index (Phi) is 12.5. The number of unbranched alkanes of at least 4 members (excludes halogenated alkanes) is 6. The van der Waals surface area contributed by atoms with E-state index in [4.69, 9.17) is 28.4 Å². The maximum atomic E-state index is 6.84. The van der Waals surface area contributed by atoms with Crippen molar-refractivity contribution in [2.75, 3.05) is 39.6 Å². The summed E-state index contributed by atoms with van der Waals surface area (Å²) in [5.74, 6) is 5.27. The third kappa shape index (κ3) is 6.58. The zero-order chi connectivity index (χ0) is 36.2. The Morgan fingerprint density at radius 2 is 0.481 bits per heavy atom. The van der Waals surface area contributed by atoms with E-state index in [0.29, 0.717) is 39.6 Å². The van der Waals surface area contributed by atoms with Crippen LogP contribution >= 0.6 is 43.4 Å². The van der Waals surface area contributed by atoms with Gasteiger partial charge in [-0.3, -0.25) is 0 Å². The van der Waals surface area contributed by atoms with E-state index in [-0.39, 0.29) is 0 Å². The monoisotopic (exact) mass is 782 g/mol. The molecule has 52 heavy (non-hydrogen) atoms. The van der Waals surface area contributed by atoms with Crippen LogP contribution in [0.25, 0.3) is 60.5 Å². The molecule has 0 atom stereocenters. The Morgan fingerprint density at radius 3 is 0.692 bits per heavy atom. The Hall–Kier alpha value is -2.66. The van der Waals surface area contributed by atoms with Gasteiger partial charge in [-0.2, -0.15) is 0 Å². The molecule has 282 valence electrons. The molecule has 0 aliphatic rings. The van der Waals surface area contributed by atoms with Gasteiger partial charge in [0.25, 0.3) is 0 Å². The third-order valence-corrected chi connectivity index (χ3v) is 14.6. The molecule has 0 amide bonds. The molecule has 0 aliphatic carbocycles. The largest absolute Gasteiger partial charge is 0.488 e. The van der Waals surface area contributed by atoms with Crippen molar-refractivity contribution in [1.82, 2.24) is 0 Å². The molecule has 10 heteroatoms. The molecule has 4 aromatic carbocycles. The molecule has 7 rings (SSSR count). The summed E-state index contributed by atoms with van der Waals surface area (Å²) >= 11 is 3.58. The van der Waals surface area contributed by atoms with Crippen molar-refractivity contribution in [3.63, 3.8) is 0 Å². The summed E-state index contributed by atoms with van der Waals surface area (Å²) in [5, 5.41) is 7.55. The Morgan fingerprint density at radius 1 is 0.288 bits per heavy atom. The minimum atomic E-state index is 0.645. The standard InChI is InChI=1S/C42H54O6S4/c1-7-13-19-43-31-32(44-20-14-8-2)38-26-25-27-29-30-28(26)40(50-38)34(46-22-16-10-4)36(48-24-18-12-6)42(30)52-51-41(29)35(47-23-17-11-5)33(45-21-15-9-3)39(27)49-37(25)31/h7-24H2,1-6H3. The van der Waals surface area contributed by atoms with Crippen LogP contribution in [0.4, 0.5) is 0 Å². The summed E-state index contributed by atoms with van der Waals surface area (Å²) in [6.07, 6.45) is 12.3. The van der Waals surface area contributed by atoms with E-state index in [1.54, 1.807) is 43.4 Å². The minimum absolute atomic E-state index is 0.645. The van der Waals surface area contributed by atoms with Gasteiger partial charge in [0.1, 0.15) is 0 Å².